The van der Waals surface area contributed by atoms with E-state index in [-0.39, 0.29) is 23.8 Å². The fraction of sp³-hybridized carbons (Fsp3) is 0.333. The van der Waals surface area contributed by atoms with Gasteiger partial charge in [0.1, 0.15) is 0 Å². The molecule has 2 aliphatic rings. The van der Waals surface area contributed by atoms with Gasteiger partial charge in [0.2, 0.25) is 5.91 Å². The number of carbonyl (C=O) groups is 2. The fourth-order valence-corrected chi connectivity index (χ4v) is 3.62. The highest BCUT2D eigenvalue weighted by atomic mass is 16.2. The first-order valence-corrected chi connectivity index (χ1v) is 8.90. The monoisotopic (exact) mass is 334 g/mol. The molecule has 1 saturated carbocycles. The average molecular weight is 334 g/mol. The van der Waals surface area contributed by atoms with E-state index in [1.807, 2.05) is 30.3 Å². The van der Waals surface area contributed by atoms with Crippen molar-refractivity contribution >= 4 is 17.5 Å². The fourth-order valence-electron chi connectivity index (χ4n) is 3.62. The van der Waals surface area contributed by atoms with Crippen LogP contribution >= 0.6 is 0 Å². The number of amides is 2. The van der Waals surface area contributed by atoms with Gasteiger partial charge in [-0.1, -0.05) is 36.4 Å². The highest BCUT2D eigenvalue weighted by Gasteiger charge is 2.33. The van der Waals surface area contributed by atoms with Crippen molar-refractivity contribution in [2.45, 2.75) is 31.7 Å². The highest BCUT2D eigenvalue weighted by Crippen LogP contribution is 2.34. The van der Waals surface area contributed by atoms with Crippen LogP contribution in [0, 0.1) is 5.92 Å². The lowest BCUT2D eigenvalue weighted by molar-refractivity contribution is -0.119. The van der Waals surface area contributed by atoms with E-state index in [1.54, 1.807) is 18.0 Å². The van der Waals surface area contributed by atoms with Gasteiger partial charge < -0.3 is 10.2 Å². The molecule has 0 spiro atoms. The van der Waals surface area contributed by atoms with Gasteiger partial charge in [-0.05, 0) is 48.9 Å². The molecule has 2 aliphatic carbocycles. The third-order valence-corrected chi connectivity index (χ3v) is 5.21. The smallest absolute Gasteiger partial charge is 0.253 e. The lowest BCUT2D eigenvalue weighted by atomic mass is 10.1. The third-order valence-electron chi connectivity index (χ3n) is 5.21. The Morgan fingerprint density at radius 3 is 2.52 bits per heavy atom. The number of aryl methyl sites for hydroxylation is 1. The number of nitrogens with one attached hydrogen (secondary N) is 1. The molecular formula is C21H22N2O2. The summed E-state index contributed by atoms with van der Waals surface area (Å²) < 4.78 is 0. The quantitative estimate of drug-likeness (QED) is 0.931. The summed E-state index contributed by atoms with van der Waals surface area (Å²) in [5.74, 6) is 0.113. The minimum absolute atomic E-state index is 0.0428. The van der Waals surface area contributed by atoms with Gasteiger partial charge in [-0.2, -0.15) is 0 Å². The van der Waals surface area contributed by atoms with Gasteiger partial charge in [0.15, 0.2) is 0 Å². The molecule has 0 saturated heterocycles. The van der Waals surface area contributed by atoms with Crippen LogP contribution in [0.15, 0.2) is 48.5 Å². The Labute approximate surface area is 147 Å². The predicted octanol–water partition coefficient (Wildman–Crippen LogP) is 3.48. The average Bonchev–Trinajstić information content (AvgIpc) is 3.43. The van der Waals surface area contributed by atoms with E-state index in [0.29, 0.717) is 11.3 Å². The van der Waals surface area contributed by atoms with Gasteiger partial charge in [0.25, 0.3) is 5.91 Å². The van der Waals surface area contributed by atoms with Crippen molar-refractivity contribution in [3.63, 3.8) is 0 Å². The molecule has 1 atom stereocenters. The summed E-state index contributed by atoms with van der Waals surface area (Å²) in [5.41, 5.74) is 3.75. The number of hydrogen-bond acceptors (Lipinski definition) is 2. The predicted molar refractivity (Wildman–Crippen MR) is 97.5 cm³/mol. The minimum atomic E-state index is -0.118. The maximum absolute atomic E-state index is 12.9. The molecule has 1 N–H and O–H groups in total. The van der Waals surface area contributed by atoms with Crippen LogP contribution < -0.4 is 10.2 Å². The second-order valence-electron chi connectivity index (χ2n) is 6.95. The van der Waals surface area contributed by atoms with Crippen molar-refractivity contribution in [1.82, 2.24) is 5.32 Å². The van der Waals surface area contributed by atoms with Gasteiger partial charge in [0, 0.05) is 13.0 Å². The summed E-state index contributed by atoms with van der Waals surface area (Å²) in [6.45, 7) is 0. The number of hydrogen-bond donors (Lipinski definition) is 1. The molecule has 2 aromatic rings. The van der Waals surface area contributed by atoms with Crippen LogP contribution in [0.3, 0.4) is 0 Å². The van der Waals surface area contributed by atoms with Crippen LogP contribution in [0.2, 0.25) is 0 Å². The summed E-state index contributed by atoms with van der Waals surface area (Å²) in [5, 5.41) is 3.15. The van der Waals surface area contributed by atoms with Crippen LogP contribution in [-0.4, -0.2) is 18.9 Å². The molecule has 1 fully saturated rings. The Morgan fingerprint density at radius 1 is 1.00 bits per heavy atom. The van der Waals surface area contributed by atoms with Crippen molar-refractivity contribution in [3.05, 3.63) is 65.2 Å². The largest absolute Gasteiger partial charge is 0.345 e. The Hall–Kier alpha value is -2.62. The van der Waals surface area contributed by atoms with Crippen molar-refractivity contribution in [1.29, 1.82) is 0 Å². The second-order valence-corrected chi connectivity index (χ2v) is 6.95. The molecule has 4 nitrogen and oxygen atoms in total. The molecule has 0 heterocycles. The first kappa shape index (κ1) is 15.9. The molecule has 0 radical (unpaired) electrons. The SMILES string of the molecule is CN(C(=O)C1CC1)c1ccccc1C(=O)NC1CCc2ccccc21. The Kier molecular flexibility index (Phi) is 4.04. The van der Waals surface area contributed by atoms with Crippen LogP contribution in [-0.2, 0) is 11.2 Å². The molecule has 4 rings (SSSR count). The van der Waals surface area contributed by atoms with Crippen LogP contribution in [0.4, 0.5) is 5.69 Å². The first-order chi connectivity index (χ1) is 12.1. The summed E-state index contributed by atoms with van der Waals surface area (Å²) in [4.78, 5) is 26.9. The highest BCUT2D eigenvalue weighted by molar-refractivity contribution is 6.05. The minimum Gasteiger partial charge on any atom is -0.345 e. The Balaban J connectivity index is 1.56. The van der Waals surface area contributed by atoms with E-state index >= 15 is 0 Å². The number of fused-ring (bicyclic) bond motifs is 1. The number of para-hydroxylation sites is 1. The third kappa shape index (κ3) is 3.04. The van der Waals surface area contributed by atoms with Gasteiger partial charge in [-0.25, -0.2) is 0 Å². The molecule has 2 aromatic carbocycles. The Morgan fingerprint density at radius 2 is 1.72 bits per heavy atom. The van der Waals surface area contributed by atoms with E-state index in [9.17, 15) is 9.59 Å². The summed E-state index contributed by atoms with van der Waals surface area (Å²) >= 11 is 0. The molecule has 25 heavy (non-hydrogen) atoms. The zero-order valence-electron chi connectivity index (χ0n) is 14.4. The number of carbonyl (C=O) groups excluding carboxylic acids is 2. The lowest BCUT2D eigenvalue weighted by Crippen LogP contribution is -2.32. The molecule has 128 valence electrons. The lowest BCUT2D eigenvalue weighted by Gasteiger charge is -2.21. The van der Waals surface area contributed by atoms with Crippen LogP contribution in [0.5, 0.6) is 0 Å². The summed E-state index contributed by atoms with van der Waals surface area (Å²) in [7, 11) is 1.76. The van der Waals surface area contributed by atoms with E-state index in [0.717, 1.165) is 25.7 Å². The van der Waals surface area contributed by atoms with E-state index in [2.05, 4.69) is 17.4 Å². The normalized spacial score (nSPS) is 18.5. The molecule has 0 aromatic heterocycles. The summed E-state index contributed by atoms with van der Waals surface area (Å²) in [6, 6.07) is 15.7. The van der Waals surface area contributed by atoms with Gasteiger partial charge >= 0.3 is 0 Å². The molecule has 0 bridgehead atoms. The number of rotatable bonds is 4. The van der Waals surface area contributed by atoms with E-state index < -0.39 is 0 Å². The van der Waals surface area contributed by atoms with E-state index in [1.165, 1.54) is 11.1 Å². The van der Waals surface area contributed by atoms with Crippen LogP contribution in [0.25, 0.3) is 0 Å². The maximum Gasteiger partial charge on any atom is 0.253 e. The van der Waals surface area contributed by atoms with Crippen molar-refractivity contribution in [2.24, 2.45) is 5.92 Å². The van der Waals surface area contributed by atoms with Gasteiger partial charge in [0.05, 0.1) is 17.3 Å². The first-order valence-electron chi connectivity index (χ1n) is 8.90. The number of anilines is 1. The van der Waals surface area contributed by atoms with E-state index in [4.69, 9.17) is 0 Å². The zero-order valence-corrected chi connectivity index (χ0v) is 14.4. The standard InChI is InChI=1S/C21H22N2O2/c1-23(21(25)15-10-11-15)19-9-5-4-8-17(19)20(24)22-18-13-12-14-6-2-3-7-16(14)18/h2-9,15,18H,10-13H2,1H3,(H,22,24). The second kappa shape index (κ2) is 6.36. The number of benzene rings is 2. The van der Waals surface area contributed by atoms with Crippen molar-refractivity contribution in [2.75, 3.05) is 11.9 Å². The van der Waals surface area contributed by atoms with Crippen molar-refractivity contribution in [3.8, 4) is 0 Å². The topological polar surface area (TPSA) is 49.4 Å². The Bertz CT molecular complexity index is 826. The maximum atomic E-state index is 12.9. The molecule has 4 heteroatoms. The molecule has 1 unspecified atom stereocenters. The summed E-state index contributed by atoms with van der Waals surface area (Å²) in [6.07, 6.45) is 3.82. The molecule has 0 aliphatic heterocycles. The van der Waals surface area contributed by atoms with Crippen LogP contribution in [0.1, 0.15) is 46.8 Å². The van der Waals surface area contributed by atoms with Gasteiger partial charge in [-0.15, -0.1) is 0 Å². The zero-order chi connectivity index (χ0) is 17.4. The van der Waals surface area contributed by atoms with Crippen molar-refractivity contribution < 1.29 is 9.59 Å². The number of nitrogens with zero attached hydrogens (tertiary/aromatic N) is 1. The molecule has 2 amide bonds. The molecular weight excluding hydrogens is 312 g/mol. The van der Waals surface area contributed by atoms with Gasteiger partial charge in [-0.3, -0.25) is 9.59 Å².